The van der Waals surface area contributed by atoms with Crippen LogP contribution in [0.1, 0.15) is 71.4 Å². The average Bonchev–Trinajstić information content (AvgIpc) is 3.50. The molecule has 1 aromatic heterocycles. The normalized spacial score (nSPS) is 20.0. The molecule has 2 aliphatic rings. The van der Waals surface area contributed by atoms with E-state index in [-0.39, 0.29) is 22.9 Å². The molecule has 0 radical (unpaired) electrons. The first-order chi connectivity index (χ1) is 18.0. The third-order valence-electron chi connectivity index (χ3n) is 7.54. The molecule has 3 N–H and O–H groups in total. The molecule has 210 valence electrons. The Hall–Kier alpha value is -1.72. The molecule has 6 nitrogen and oxygen atoms in total. The van der Waals surface area contributed by atoms with Crippen molar-refractivity contribution in [3.05, 3.63) is 47.4 Å². The van der Waals surface area contributed by atoms with Crippen molar-refractivity contribution in [1.29, 1.82) is 0 Å². The van der Waals surface area contributed by atoms with Crippen LogP contribution >= 0.6 is 20.7 Å². The molecule has 0 saturated heterocycles. The molecule has 2 aromatic rings. The number of benzene rings is 1. The predicted molar refractivity (Wildman–Crippen MR) is 159 cm³/mol. The SMILES string of the molecule is CCC[C@H](N[C@H]1CCc2cc(F)cc(F)c2C1)C(=O)Nc1cn(C(C)(C)CNCC(C)(C)CC2C=I2)cn1. The molecule has 4 rings (SSSR count). The fourth-order valence-corrected chi connectivity index (χ4v) is 7.26. The van der Waals surface area contributed by atoms with Gasteiger partial charge in [-0.05, 0) is 72.6 Å². The molecule has 1 unspecified atom stereocenters. The van der Waals surface area contributed by atoms with E-state index in [4.69, 9.17) is 0 Å². The standard InChI is InChI=1S/C29H42F2IN5O/c1-6-7-25(35-22-9-8-19-10-20(30)11-24(31)23(19)12-22)27(38)36-26-15-37(18-34-26)29(4,5)17-33-16-28(2,3)13-21-14-32-21/h10-11,14-15,18,21-22,25,33,35H,6-9,12-13,16-17H2,1-5H3,(H,36,38)/t21?,22-,25-/m0/s1. The number of fused-ring (bicyclic) bond motifs is 1. The molecule has 1 aliphatic carbocycles. The predicted octanol–water partition coefficient (Wildman–Crippen LogP) is 5.31. The van der Waals surface area contributed by atoms with E-state index in [1.807, 2.05) is 17.7 Å². The van der Waals surface area contributed by atoms with Crippen molar-refractivity contribution in [1.82, 2.24) is 20.2 Å². The first kappa shape index (κ1) is 29.3. The number of anilines is 1. The van der Waals surface area contributed by atoms with Crippen molar-refractivity contribution in [2.75, 3.05) is 18.4 Å². The van der Waals surface area contributed by atoms with Gasteiger partial charge in [0, 0.05) is 35.3 Å². The molecule has 1 amide bonds. The number of carbonyl (C=O) groups excluding carboxylic acids is 1. The van der Waals surface area contributed by atoms with Crippen molar-refractivity contribution in [2.24, 2.45) is 5.41 Å². The van der Waals surface area contributed by atoms with E-state index in [1.165, 1.54) is 12.5 Å². The zero-order valence-corrected chi connectivity index (χ0v) is 25.4. The first-order valence-electron chi connectivity index (χ1n) is 13.7. The van der Waals surface area contributed by atoms with Gasteiger partial charge in [-0.2, -0.15) is 0 Å². The number of amides is 1. The van der Waals surface area contributed by atoms with Gasteiger partial charge in [-0.1, -0.05) is 27.2 Å². The van der Waals surface area contributed by atoms with Gasteiger partial charge < -0.3 is 20.5 Å². The van der Waals surface area contributed by atoms with Crippen LogP contribution in [-0.4, -0.2) is 48.6 Å². The Kier molecular flexibility index (Phi) is 9.40. The van der Waals surface area contributed by atoms with Gasteiger partial charge in [-0.15, -0.1) is 20.7 Å². The molecule has 9 heteroatoms. The van der Waals surface area contributed by atoms with Gasteiger partial charge in [0.25, 0.3) is 0 Å². The van der Waals surface area contributed by atoms with Crippen molar-refractivity contribution in [2.45, 2.75) is 94.7 Å². The quantitative estimate of drug-likeness (QED) is 0.205. The number of aromatic nitrogens is 2. The molecule has 0 fully saturated rings. The zero-order valence-electron chi connectivity index (χ0n) is 23.2. The number of nitrogens with one attached hydrogen (secondary N) is 3. The summed E-state index contributed by atoms with van der Waals surface area (Å²) in [6.07, 6.45) is 8.19. The number of rotatable bonds is 13. The highest BCUT2D eigenvalue weighted by Gasteiger charge is 2.29. The van der Waals surface area contributed by atoms with Gasteiger partial charge in [0.1, 0.15) is 11.6 Å². The third-order valence-corrected chi connectivity index (χ3v) is 9.72. The summed E-state index contributed by atoms with van der Waals surface area (Å²) in [4.78, 5) is 17.7. The average molecular weight is 642 g/mol. The summed E-state index contributed by atoms with van der Waals surface area (Å²) in [5.74, 6) is -0.654. The zero-order chi connectivity index (χ0) is 27.5. The Bertz CT molecular complexity index is 1160. The van der Waals surface area contributed by atoms with E-state index >= 15 is 0 Å². The summed E-state index contributed by atoms with van der Waals surface area (Å²) in [7, 11) is 0. The summed E-state index contributed by atoms with van der Waals surface area (Å²) in [6.45, 7) is 12.8. The molecule has 2 heterocycles. The fourth-order valence-electron chi connectivity index (χ4n) is 5.26. The van der Waals surface area contributed by atoms with Crippen LogP contribution in [0, 0.1) is 17.0 Å². The van der Waals surface area contributed by atoms with Gasteiger partial charge in [0.2, 0.25) is 5.91 Å². The molecular formula is C29H42F2IN5O. The van der Waals surface area contributed by atoms with Gasteiger partial charge in [0.15, 0.2) is 5.82 Å². The smallest absolute Gasteiger partial charge is 0.242 e. The third kappa shape index (κ3) is 7.91. The summed E-state index contributed by atoms with van der Waals surface area (Å²) >= 11 is 0.369. The highest BCUT2D eigenvalue weighted by molar-refractivity contribution is 14.2. The number of alkyl halides is 1. The lowest BCUT2D eigenvalue weighted by Crippen LogP contribution is -2.48. The van der Waals surface area contributed by atoms with E-state index in [2.05, 4.69) is 52.6 Å². The van der Waals surface area contributed by atoms with Crippen molar-refractivity contribution >= 4 is 36.5 Å². The molecule has 0 spiro atoms. The largest absolute Gasteiger partial charge is 0.328 e. The summed E-state index contributed by atoms with van der Waals surface area (Å²) in [5.41, 5.74) is 1.36. The number of carbonyl (C=O) groups is 1. The molecular weight excluding hydrogens is 599 g/mol. The Morgan fingerprint density at radius 3 is 2.71 bits per heavy atom. The van der Waals surface area contributed by atoms with Crippen LogP contribution in [0.4, 0.5) is 14.6 Å². The second-order valence-electron chi connectivity index (χ2n) is 12.2. The number of hydrogen-bond donors (Lipinski definition) is 3. The number of hydrogen-bond acceptors (Lipinski definition) is 4. The molecule has 1 aliphatic heterocycles. The Balaban J connectivity index is 1.31. The summed E-state index contributed by atoms with van der Waals surface area (Å²) in [5, 5.41) is 10.1. The van der Waals surface area contributed by atoms with Gasteiger partial charge in [-0.3, -0.25) is 4.79 Å². The second-order valence-corrected chi connectivity index (χ2v) is 15.2. The Morgan fingerprint density at radius 2 is 2.00 bits per heavy atom. The Labute approximate surface area is 235 Å². The van der Waals surface area contributed by atoms with Gasteiger partial charge >= 0.3 is 0 Å². The molecule has 0 saturated carbocycles. The van der Waals surface area contributed by atoms with Crippen LogP contribution in [0.5, 0.6) is 0 Å². The number of aryl methyl sites for hydroxylation is 1. The molecule has 38 heavy (non-hydrogen) atoms. The lowest BCUT2D eigenvalue weighted by molar-refractivity contribution is -0.118. The van der Waals surface area contributed by atoms with E-state index < -0.39 is 17.7 Å². The minimum absolute atomic E-state index is 0.0451. The maximum atomic E-state index is 14.4. The number of halogens is 3. The fraction of sp³-hybridized carbons (Fsp3) is 0.621. The van der Waals surface area contributed by atoms with Crippen LogP contribution < -0.4 is 16.0 Å². The maximum Gasteiger partial charge on any atom is 0.242 e. The first-order valence-corrected chi connectivity index (χ1v) is 16.2. The molecule has 0 bridgehead atoms. The van der Waals surface area contributed by atoms with E-state index in [0.717, 1.165) is 41.5 Å². The topological polar surface area (TPSA) is 71.0 Å². The Morgan fingerprint density at radius 1 is 1.24 bits per heavy atom. The van der Waals surface area contributed by atoms with Crippen LogP contribution in [0.2, 0.25) is 0 Å². The van der Waals surface area contributed by atoms with Crippen molar-refractivity contribution in [3.63, 3.8) is 0 Å². The van der Waals surface area contributed by atoms with E-state index in [9.17, 15) is 13.6 Å². The molecule has 3 atom stereocenters. The van der Waals surface area contributed by atoms with Gasteiger partial charge in [0.05, 0.1) is 17.9 Å². The molecule has 1 aromatic carbocycles. The van der Waals surface area contributed by atoms with Crippen LogP contribution in [0.25, 0.3) is 0 Å². The number of nitrogens with zero attached hydrogens (tertiary/aromatic N) is 2. The minimum atomic E-state index is -0.536. The van der Waals surface area contributed by atoms with Gasteiger partial charge in [-0.25, -0.2) is 13.8 Å². The lowest BCUT2D eigenvalue weighted by atomic mass is 9.87. The lowest BCUT2D eigenvalue weighted by Gasteiger charge is -2.31. The number of imidazole rings is 1. The summed E-state index contributed by atoms with van der Waals surface area (Å²) in [6, 6.07) is 1.91. The van der Waals surface area contributed by atoms with Crippen LogP contribution in [0.15, 0.2) is 24.7 Å². The van der Waals surface area contributed by atoms with E-state index in [0.29, 0.717) is 51.4 Å². The highest BCUT2D eigenvalue weighted by atomic mass is 127. The van der Waals surface area contributed by atoms with Crippen LogP contribution in [-0.2, 0) is 23.2 Å². The monoisotopic (exact) mass is 641 g/mol. The summed E-state index contributed by atoms with van der Waals surface area (Å²) < 4.78 is 33.4. The van der Waals surface area contributed by atoms with E-state index in [1.54, 1.807) is 6.33 Å². The van der Waals surface area contributed by atoms with Crippen molar-refractivity contribution < 1.29 is 13.6 Å². The maximum absolute atomic E-state index is 14.4. The van der Waals surface area contributed by atoms with Crippen LogP contribution in [0.3, 0.4) is 0 Å². The highest BCUT2D eigenvalue weighted by Crippen LogP contribution is 2.34. The minimum Gasteiger partial charge on any atom is -0.328 e. The second kappa shape index (κ2) is 12.2. The van der Waals surface area contributed by atoms with Crippen molar-refractivity contribution in [3.8, 4) is 0 Å².